The number of furan rings is 1. The highest BCUT2D eigenvalue weighted by Crippen LogP contribution is 2.43. The zero-order chi connectivity index (χ0) is 15.6. The summed E-state index contributed by atoms with van der Waals surface area (Å²) in [5.41, 5.74) is 0.296. The van der Waals surface area contributed by atoms with Gasteiger partial charge >= 0.3 is 0 Å². The normalized spacial score (nSPS) is 23.1. The van der Waals surface area contributed by atoms with Gasteiger partial charge in [-0.15, -0.1) is 0 Å². The molecule has 3 rings (SSSR count). The molecule has 0 bridgehead atoms. The number of hydrogen-bond donors (Lipinski definition) is 1. The van der Waals surface area contributed by atoms with E-state index in [1.54, 1.807) is 17.0 Å². The first-order valence-corrected chi connectivity index (χ1v) is 8.27. The Kier molecular flexibility index (Phi) is 4.23. The molecule has 2 heterocycles. The van der Waals surface area contributed by atoms with Crippen LogP contribution >= 0.6 is 0 Å². The third kappa shape index (κ3) is 2.76. The fraction of sp³-hybridized carbons (Fsp3) is 0.647. The first-order chi connectivity index (χ1) is 10.7. The van der Waals surface area contributed by atoms with Crippen LogP contribution in [0.5, 0.6) is 0 Å². The molecule has 0 spiro atoms. The predicted octanol–water partition coefficient (Wildman–Crippen LogP) is 2.58. The van der Waals surface area contributed by atoms with E-state index in [9.17, 15) is 9.59 Å². The van der Waals surface area contributed by atoms with Gasteiger partial charge in [0.1, 0.15) is 6.04 Å². The number of amides is 2. The highest BCUT2D eigenvalue weighted by molar-refractivity contribution is 5.95. The molecule has 1 aliphatic carbocycles. The quantitative estimate of drug-likeness (QED) is 0.909. The van der Waals surface area contributed by atoms with Crippen LogP contribution in [-0.4, -0.2) is 35.8 Å². The molecular formula is C17H24N2O3. The van der Waals surface area contributed by atoms with Gasteiger partial charge in [-0.05, 0) is 49.7 Å². The summed E-state index contributed by atoms with van der Waals surface area (Å²) in [6, 6.07) is 2.99. The summed E-state index contributed by atoms with van der Waals surface area (Å²) in [7, 11) is 0. The summed E-state index contributed by atoms with van der Waals surface area (Å²) in [6.07, 6.45) is 7.84. The van der Waals surface area contributed by atoms with Gasteiger partial charge in [-0.25, -0.2) is 0 Å². The average molecular weight is 304 g/mol. The molecule has 2 fully saturated rings. The number of hydrogen-bond acceptors (Lipinski definition) is 3. The predicted molar refractivity (Wildman–Crippen MR) is 82.4 cm³/mol. The third-order valence-electron chi connectivity index (χ3n) is 5.35. The molecule has 1 unspecified atom stereocenters. The maximum Gasteiger partial charge on any atom is 0.290 e. The van der Waals surface area contributed by atoms with Gasteiger partial charge in [0, 0.05) is 13.1 Å². The topological polar surface area (TPSA) is 62.6 Å². The molecule has 1 aromatic heterocycles. The summed E-state index contributed by atoms with van der Waals surface area (Å²) in [5.74, 6) is 0.109. The summed E-state index contributed by atoms with van der Waals surface area (Å²) in [5, 5.41) is 3.09. The van der Waals surface area contributed by atoms with Gasteiger partial charge in [0.25, 0.3) is 5.91 Å². The van der Waals surface area contributed by atoms with Crippen LogP contribution in [0.3, 0.4) is 0 Å². The first-order valence-electron chi connectivity index (χ1n) is 8.27. The molecule has 5 heteroatoms. The van der Waals surface area contributed by atoms with Gasteiger partial charge < -0.3 is 14.6 Å². The van der Waals surface area contributed by atoms with E-state index < -0.39 is 0 Å². The van der Waals surface area contributed by atoms with Crippen LogP contribution in [-0.2, 0) is 4.79 Å². The smallest absolute Gasteiger partial charge is 0.290 e. The van der Waals surface area contributed by atoms with Crippen molar-refractivity contribution < 1.29 is 14.0 Å². The molecule has 1 saturated carbocycles. The number of carbonyl (C=O) groups excluding carboxylic acids is 2. The standard InChI is InChI=1S/C17H24N2O3/c1-2-17(8-5-9-17)12-18-15(20)13-6-3-10-19(13)16(21)14-7-4-11-22-14/h4,7,11,13H,2-3,5-6,8-10,12H2,1H3,(H,18,20). The number of nitrogens with one attached hydrogen (secondary N) is 1. The largest absolute Gasteiger partial charge is 0.459 e. The second-order valence-corrected chi connectivity index (χ2v) is 6.56. The van der Waals surface area contributed by atoms with Crippen molar-refractivity contribution in [3.8, 4) is 0 Å². The average Bonchev–Trinajstić information content (AvgIpc) is 3.17. The van der Waals surface area contributed by atoms with Crippen LogP contribution in [0.4, 0.5) is 0 Å². The monoisotopic (exact) mass is 304 g/mol. The lowest BCUT2D eigenvalue weighted by Crippen LogP contribution is -2.49. The fourth-order valence-electron chi connectivity index (χ4n) is 3.55. The molecule has 1 atom stereocenters. The Morgan fingerprint density at radius 2 is 2.23 bits per heavy atom. The summed E-state index contributed by atoms with van der Waals surface area (Å²) < 4.78 is 5.17. The summed E-state index contributed by atoms with van der Waals surface area (Å²) >= 11 is 0. The third-order valence-corrected chi connectivity index (χ3v) is 5.35. The number of likely N-dealkylation sites (tertiary alicyclic amines) is 1. The highest BCUT2D eigenvalue weighted by atomic mass is 16.3. The Morgan fingerprint density at radius 1 is 1.41 bits per heavy atom. The van der Waals surface area contributed by atoms with Gasteiger partial charge in [0.2, 0.25) is 5.91 Å². The minimum atomic E-state index is -0.355. The van der Waals surface area contributed by atoms with Crippen LogP contribution < -0.4 is 5.32 Å². The van der Waals surface area contributed by atoms with Crippen LogP contribution in [0.1, 0.15) is 56.0 Å². The van der Waals surface area contributed by atoms with E-state index in [4.69, 9.17) is 4.42 Å². The minimum Gasteiger partial charge on any atom is -0.459 e. The lowest BCUT2D eigenvalue weighted by molar-refractivity contribution is -0.125. The Bertz CT molecular complexity index is 529. The lowest BCUT2D eigenvalue weighted by Gasteiger charge is -2.41. The Hall–Kier alpha value is -1.78. The van der Waals surface area contributed by atoms with Gasteiger partial charge in [0.15, 0.2) is 5.76 Å². The van der Waals surface area contributed by atoms with Gasteiger partial charge in [-0.1, -0.05) is 13.3 Å². The summed E-state index contributed by atoms with van der Waals surface area (Å²) in [4.78, 5) is 26.5. The van der Waals surface area contributed by atoms with E-state index in [2.05, 4.69) is 12.2 Å². The molecular weight excluding hydrogens is 280 g/mol. The van der Waals surface area contributed by atoms with E-state index in [-0.39, 0.29) is 17.9 Å². The Morgan fingerprint density at radius 3 is 2.82 bits per heavy atom. The van der Waals surface area contributed by atoms with Crippen LogP contribution in [0.15, 0.2) is 22.8 Å². The van der Waals surface area contributed by atoms with E-state index >= 15 is 0 Å². The number of carbonyl (C=O) groups is 2. The van der Waals surface area contributed by atoms with Crippen molar-refractivity contribution in [1.82, 2.24) is 10.2 Å². The molecule has 1 aliphatic heterocycles. The van der Waals surface area contributed by atoms with Crippen LogP contribution in [0.25, 0.3) is 0 Å². The van der Waals surface area contributed by atoms with Crippen molar-refractivity contribution in [3.05, 3.63) is 24.2 Å². The van der Waals surface area contributed by atoms with Crippen LogP contribution in [0, 0.1) is 5.41 Å². The molecule has 2 amide bonds. The van der Waals surface area contributed by atoms with Crippen molar-refractivity contribution in [2.45, 2.75) is 51.5 Å². The Balaban J connectivity index is 1.60. The zero-order valence-corrected chi connectivity index (χ0v) is 13.1. The highest BCUT2D eigenvalue weighted by Gasteiger charge is 2.38. The molecule has 0 aromatic carbocycles. The van der Waals surface area contributed by atoms with Crippen LogP contribution in [0.2, 0.25) is 0 Å². The van der Waals surface area contributed by atoms with Gasteiger partial charge in [-0.3, -0.25) is 9.59 Å². The second-order valence-electron chi connectivity index (χ2n) is 6.56. The SMILES string of the molecule is CCC1(CNC(=O)C2CCCN2C(=O)c2ccco2)CCC1. The maximum atomic E-state index is 12.5. The van der Waals surface area contributed by atoms with Gasteiger partial charge in [0.05, 0.1) is 6.26 Å². The summed E-state index contributed by atoms with van der Waals surface area (Å²) in [6.45, 7) is 3.55. The van der Waals surface area contributed by atoms with Crippen molar-refractivity contribution in [3.63, 3.8) is 0 Å². The molecule has 0 radical (unpaired) electrons. The number of rotatable bonds is 5. The first kappa shape index (κ1) is 15.1. The van der Waals surface area contributed by atoms with Crippen molar-refractivity contribution in [1.29, 1.82) is 0 Å². The number of nitrogens with zero attached hydrogens (tertiary/aromatic N) is 1. The van der Waals surface area contributed by atoms with Crippen molar-refractivity contribution in [2.75, 3.05) is 13.1 Å². The molecule has 5 nitrogen and oxygen atoms in total. The second kappa shape index (κ2) is 6.15. The fourth-order valence-corrected chi connectivity index (χ4v) is 3.55. The molecule has 120 valence electrons. The molecule has 1 N–H and O–H groups in total. The van der Waals surface area contributed by atoms with E-state index in [1.165, 1.54) is 25.5 Å². The van der Waals surface area contributed by atoms with E-state index in [0.29, 0.717) is 17.7 Å². The van der Waals surface area contributed by atoms with E-state index in [1.807, 2.05) is 0 Å². The molecule has 22 heavy (non-hydrogen) atoms. The zero-order valence-electron chi connectivity index (χ0n) is 13.1. The Labute approximate surface area is 131 Å². The molecule has 2 aliphatic rings. The lowest BCUT2D eigenvalue weighted by atomic mass is 9.67. The molecule has 1 aromatic rings. The maximum absolute atomic E-state index is 12.5. The molecule has 1 saturated heterocycles. The minimum absolute atomic E-state index is 0.0165. The van der Waals surface area contributed by atoms with Crippen molar-refractivity contribution in [2.24, 2.45) is 5.41 Å². The van der Waals surface area contributed by atoms with Crippen molar-refractivity contribution >= 4 is 11.8 Å². The van der Waals surface area contributed by atoms with Gasteiger partial charge in [-0.2, -0.15) is 0 Å². The van der Waals surface area contributed by atoms with E-state index in [0.717, 1.165) is 25.8 Å².